The van der Waals surface area contributed by atoms with Gasteiger partial charge in [0.1, 0.15) is 5.75 Å². The van der Waals surface area contributed by atoms with Crippen molar-refractivity contribution in [2.75, 3.05) is 18.5 Å². The Balaban J connectivity index is 2.06. The number of carboxylic acids is 1. The fraction of sp³-hybridized carbons (Fsp3) is 0.385. The van der Waals surface area contributed by atoms with Gasteiger partial charge in [0.05, 0.1) is 23.8 Å². The Morgan fingerprint density at radius 1 is 1.37 bits per heavy atom. The maximum atomic E-state index is 11.9. The molecule has 1 aliphatic heterocycles. The number of hydrogen-bond acceptors (Lipinski definition) is 4. The summed E-state index contributed by atoms with van der Waals surface area (Å²) in [5.41, 5.74) is 0.178. The summed E-state index contributed by atoms with van der Waals surface area (Å²) in [6.45, 7) is 1.04. The number of carbonyl (C=O) groups excluding carboxylic acids is 1. The lowest BCUT2D eigenvalue weighted by molar-refractivity contribution is -0.123. The number of carbonyl (C=O) groups is 2. The summed E-state index contributed by atoms with van der Waals surface area (Å²) < 4.78 is 5.22. The van der Waals surface area contributed by atoms with Gasteiger partial charge in [0.2, 0.25) is 5.91 Å². The quantitative estimate of drug-likeness (QED) is 0.719. The minimum absolute atomic E-state index is 0.0310. The molecule has 6 heteroatoms. The summed E-state index contributed by atoms with van der Waals surface area (Å²) in [5, 5.41) is 21.0. The van der Waals surface area contributed by atoms with E-state index in [0.29, 0.717) is 13.2 Å². The van der Waals surface area contributed by atoms with Crippen LogP contribution in [0.25, 0.3) is 0 Å². The number of rotatable bonds is 3. The van der Waals surface area contributed by atoms with E-state index in [-0.39, 0.29) is 28.8 Å². The van der Waals surface area contributed by atoms with Gasteiger partial charge in [0.25, 0.3) is 0 Å². The molecule has 1 saturated heterocycles. The average Bonchev–Trinajstić information content (AvgIpc) is 2.41. The standard InChI is InChI=1S/C13H15NO5/c15-11-6-8(13(17)18)3-4-10(11)14-12(16)9-2-1-5-19-7-9/h3-4,6,9,15H,1-2,5,7H2,(H,14,16)(H,17,18). The van der Waals surface area contributed by atoms with E-state index in [0.717, 1.165) is 18.9 Å². The third-order valence-electron chi connectivity index (χ3n) is 3.03. The van der Waals surface area contributed by atoms with Crippen molar-refractivity contribution in [1.29, 1.82) is 0 Å². The third kappa shape index (κ3) is 3.23. The van der Waals surface area contributed by atoms with Crippen LogP contribution in [0.5, 0.6) is 5.75 Å². The molecule has 0 bridgehead atoms. The lowest BCUT2D eigenvalue weighted by Crippen LogP contribution is -2.30. The molecule has 0 aromatic heterocycles. The SMILES string of the molecule is O=C(O)c1ccc(NC(=O)C2CCCOC2)c(O)c1. The lowest BCUT2D eigenvalue weighted by Gasteiger charge is -2.21. The van der Waals surface area contributed by atoms with Crippen LogP contribution >= 0.6 is 0 Å². The maximum Gasteiger partial charge on any atom is 0.335 e. The van der Waals surface area contributed by atoms with Gasteiger partial charge in [0.15, 0.2) is 0 Å². The van der Waals surface area contributed by atoms with Crippen molar-refractivity contribution >= 4 is 17.6 Å². The third-order valence-corrected chi connectivity index (χ3v) is 3.03. The summed E-state index contributed by atoms with van der Waals surface area (Å²) in [6, 6.07) is 3.81. The normalized spacial score (nSPS) is 18.8. The van der Waals surface area contributed by atoms with Crippen LogP contribution in [0.4, 0.5) is 5.69 Å². The number of aromatic hydroxyl groups is 1. The first kappa shape index (κ1) is 13.4. The van der Waals surface area contributed by atoms with Crippen molar-refractivity contribution in [1.82, 2.24) is 0 Å². The molecule has 1 unspecified atom stereocenters. The first-order valence-corrected chi connectivity index (χ1v) is 6.03. The van der Waals surface area contributed by atoms with Crippen molar-refractivity contribution < 1.29 is 24.5 Å². The molecule has 102 valence electrons. The summed E-state index contributed by atoms with van der Waals surface area (Å²) >= 11 is 0. The van der Waals surface area contributed by atoms with Gasteiger partial charge < -0.3 is 20.3 Å². The Morgan fingerprint density at radius 3 is 2.74 bits per heavy atom. The van der Waals surface area contributed by atoms with E-state index in [1.54, 1.807) is 0 Å². The fourth-order valence-corrected chi connectivity index (χ4v) is 1.95. The molecule has 6 nitrogen and oxygen atoms in total. The highest BCUT2D eigenvalue weighted by Crippen LogP contribution is 2.25. The molecule has 1 atom stereocenters. The number of phenolic OH excluding ortho intramolecular Hbond substituents is 1. The number of nitrogens with one attached hydrogen (secondary N) is 1. The molecule has 0 spiro atoms. The van der Waals surface area contributed by atoms with E-state index < -0.39 is 5.97 Å². The average molecular weight is 265 g/mol. The molecule has 3 N–H and O–H groups in total. The molecular formula is C13H15NO5. The first-order chi connectivity index (χ1) is 9.08. The highest BCUT2D eigenvalue weighted by atomic mass is 16.5. The first-order valence-electron chi connectivity index (χ1n) is 6.03. The van der Waals surface area contributed by atoms with Crippen LogP contribution in [-0.4, -0.2) is 35.3 Å². The Hall–Kier alpha value is -2.08. The van der Waals surface area contributed by atoms with Crippen molar-refractivity contribution in [2.45, 2.75) is 12.8 Å². The van der Waals surface area contributed by atoms with E-state index in [1.807, 2.05) is 0 Å². The van der Waals surface area contributed by atoms with Crippen LogP contribution < -0.4 is 5.32 Å². The fourth-order valence-electron chi connectivity index (χ4n) is 1.95. The van der Waals surface area contributed by atoms with E-state index >= 15 is 0 Å². The minimum Gasteiger partial charge on any atom is -0.506 e. The van der Waals surface area contributed by atoms with Crippen LogP contribution in [0, 0.1) is 5.92 Å². The Morgan fingerprint density at radius 2 is 2.16 bits per heavy atom. The number of phenols is 1. The van der Waals surface area contributed by atoms with E-state index in [1.165, 1.54) is 12.1 Å². The van der Waals surface area contributed by atoms with Crippen LogP contribution in [0.2, 0.25) is 0 Å². The second-order valence-corrected chi connectivity index (χ2v) is 4.44. The van der Waals surface area contributed by atoms with Crippen molar-refractivity contribution in [3.8, 4) is 5.75 Å². The lowest BCUT2D eigenvalue weighted by atomic mass is 10.0. The van der Waals surface area contributed by atoms with Gasteiger partial charge in [-0.3, -0.25) is 4.79 Å². The van der Waals surface area contributed by atoms with Crippen LogP contribution in [0.15, 0.2) is 18.2 Å². The monoisotopic (exact) mass is 265 g/mol. The second kappa shape index (κ2) is 5.71. The van der Waals surface area contributed by atoms with Gasteiger partial charge in [-0.25, -0.2) is 4.79 Å². The van der Waals surface area contributed by atoms with E-state index in [2.05, 4.69) is 5.32 Å². The Labute approximate surface area is 110 Å². The van der Waals surface area contributed by atoms with Gasteiger partial charge in [-0.2, -0.15) is 0 Å². The smallest absolute Gasteiger partial charge is 0.335 e. The summed E-state index contributed by atoms with van der Waals surface area (Å²) in [6.07, 6.45) is 1.59. The maximum absolute atomic E-state index is 11.9. The number of benzene rings is 1. The number of carboxylic acid groups (broad SMARTS) is 1. The van der Waals surface area contributed by atoms with Gasteiger partial charge in [-0.05, 0) is 31.0 Å². The zero-order chi connectivity index (χ0) is 13.8. The zero-order valence-corrected chi connectivity index (χ0v) is 10.3. The molecule has 1 aliphatic rings. The molecule has 19 heavy (non-hydrogen) atoms. The molecule has 0 aliphatic carbocycles. The van der Waals surface area contributed by atoms with Crippen molar-refractivity contribution in [3.63, 3.8) is 0 Å². The topological polar surface area (TPSA) is 95.9 Å². The van der Waals surface area contributed by atoms with Crippen LogP contribution in [0.3, 0.4) is 0 Å². The van der Waals surface area contributed by atoms with Crippen molar-refractivity contribution in [2.24, 2.45) is 5.92 Å². The zero-order valence-electron chi connectivity index (χ0n) is 10.3. The predicted molar refractivity (Wildman–Crippen MR) is 67.2 cm³/mol. The van der Waals surface area contributed by atoms with Crippen LogP contribution in [-0.2, 0) is 9.53 Å². The molecule has 0 radical (unpaired) electrons. The summed E-state index contributed by atoms with van der Waals surface area (Å²) in [7, 11) is 0. The molecule has 1 amide bonds. The highest BCUT2D eigenvalue weighted by molar-refractivity contribution is 5.95. The van der Waals surface area contributed by atoms with E-state index in [4.69, 9.17) is 9.84 Å². The number of aromatic carboxylic acids is 1. The highest BCUT2D eigenvalue weighted by Gasteiger charge is 2.22. The molecule has 1 fully saturated rings. The molecule has 1 aromatic carbocycles. The summed E-state index contributed by atoms with van der Waals surface area (Å²) in [5.74, 6) is -1.84. The summed E-state index contributed by atoms with van der Waals surface area (Å²) in [4.78, 5) is 22.6. The minimum atomic E-state index is -1.13. The molecule has 1 heterocycles. The number of amides is 1. The number of anilines is 1. The Kier molecular flexibility index (Phi) is 4.01. The van der Waals surface area contributed by atoms with Crippen LogP contribution in [0.1, 0.15) is 23.2 Å². The molecular weight excluding hydrogens is 250 g/mol. The largest absolute Gasteiger partial charge is 0.506 e. The molecule has 2 rings (SSSR count). The number of hydrogen-bond donors (Lipinski definition) is 3. The van der Waals surface area contributed by atoms with E-state index in [9.17, 15) is 14.7 Å². The van der Waals surface area contributed by atoms with Gasteiger partial charge in [-0.1, -0.05) is 0 Å². The molecule has 1 aromatic rings. The Bertz CT molecular complexity index is 494. The van der Waals surface area contributed by atoms with Gasteiger partial charge in [-0.15, -0.1) is 0 Å². The van der Waals surface area contributed by atoms with Gasteiger partial charge in [0, 0.05) is 6.61 Å². The molecule has 0 saturated carbocycles. The number of ether oxygens (including phenoxy) is 1. The van der Waals surface area contributed by atoms with Crippen molar-refractivity contribution in [3.05, 3.63) is 23.8 Å². The second-order valence-electron chi connectivity index (χ2n) is 4.44. The predicted octanol–water partition coefficient (Wildman–Crippen LogP) is 1.46. The van der Waals surface area contributed by atoms with Gasteiger partial charge >= 0.3 is 5.97 Å².